The Bertz CT molecular complexity index is 513. The SMILES string of the molecule is Cl.Cl.OCc1ccc([C@H](c2cccs2)N2CCNCC2)o1. The van der Waals surface area contributed by atoms with Gasteiger partial charge in [0.05, 0.1) is 0 Å². The Morgan fingerprint density at radius 1 is 1.24 bits per heavy atom. The van der Waals surface area contributed by atoms with Crippen LogP contribution in [0, 0.1) is 0 Å². The topological polar surface area (TPSA) is 48.6 Å². The second-order valence-corrected chi connectivity index (χ2v) is 5.65. The average Bonchev–Trinajstić information content (AvgIpc) is 3.12. The van der Waals surface area contributed by atoms with Crippen molar-refractivity contribution in [3.05, 3.63) is 46.0 Å². The van der Waals surface area contributed by atoms with Gasteiger partial charge in [0.25, 0.3) is 0 Å². The van der Waals surface area contributed by atoms with Gasteiger partial charge in [0.1, 0.15) is 24.2 Å². The molecular weight excluding hydrogens is 331 g/mol. The minimum absolute atomic E-state index is 0. The van der Waals surface area contributed by atoms with Gasteiger partial charge in [0.2, 0.25) is 0 Å². The van der Waals surface area contributed by atoms with E-state index in [9.17, 15) is 0 Å². The van der Waals surface area contributed by atoms with Gasteiger partial charge in [-0.3, -0.25) is 4.90 Å². The average molecular weight is 351 g/mol. The summed E-state index contributed by atoms with van der Waals surface area (Å²) in [5.41, 5.74) is 0. The van der Waals surface area contributed by atoms with Gasteiger partial charge >= 0.3 is 0 Å². The molecular formula is C14H20Cl2N2O2S. The van der Waals surface area contributed by atoms with Gasteiger partial charge in [-0.05, 0) is 23.6 Å². The number of piperazine rings is 1. The Balaban J connectivity index is 0.00000110. The number of furan rings is 1. The summed E-state index contributed by atoms with van der Waals surface area (Å²) >= 11 is 1.75. The zero-order chi connectivity index (χ0) is 13.1. The molecule has 4 nitrogen and oxygen atoms in total. The molecule has 1 aliphatic rings. The van der Waals surface area contributed by atoms with Gasteiger partial charge in [-0.25, -0.2) is 0 Å². The zero-order valence-corrected chi connectivity index (χ0v) is 14.0. The first kappa shape index (κ1) is 18.5. The van der Waals surface area contributed by atoms with Crippen molar-refractivity contribution in [1.29, 1.82) is 0 Å². The van der Waals surface area contributed by atoms with E-state index in [1.807, 2.05) is 12.1 Å². The molecule has 0 aromatic carbocycles. The largest absolute Gasteiger partial charge is 0.462 e. The van der Waals surface area contributed by atoms with E-state index in [0.717, 1.165) is 31.9 Å². The van der Waals surface area contributed by atoms with Crippen molar-refractivity contribution < 1.29 is 9.52 Å². The zero-order valence-electron chi connectivity index (χ0n) is 11.5. The fourth-order valence-corrected chi connectivity index (χ4v) is 3.38. The quantitative estimate of drug-likeness (QED) is 0.889. The standard InChI is InChI=1S/C14H18N2O2S.2ClH/c17-10-11-3-4-12(18-11)14(13-2-1-9-19-13)16-7-5-15-6-8-16;;/h1-4,9,14-15,17H,5-8,10H2;2*1H/t14-;;/m1../s1. The number of hydrogen-bond donors (Lipinski definition) is 2. The normalized spacial score (nSPS) is 16.8. The fourth-order valence-electron chi connectivity index (χ4n) is 2.51. The first-order chi connectivity index (χ1) is 9.38. The summed E-state index contributed by atoms with van der Waals surface area (Å²) in [7, 11) is 0. The number of aliphatic hydroxyl groups excluding tert-OH is 1. The van der Waals surface area contributed by atoms with Crippen LogP contribution in [0.4, 0.5) is 0 Å². The Morgan fingerprint density at radius 3 is 2.57 bits per heavy atom. The van der Waals surface area contributed by atoms with Crippen molar-refractivity contribution in [2.24, 2.45) is 0 Å². The Labute approximate surface area is 141 Å². The van der Waals surface area contributed by atoms with Gasteiger partial charge in [0.15, 0.2) is 0 Å². The van der Waals surface area contributed by atoms with Crippen molar-refractivity contribution in [2.75, 3.05) is 26.2 Å². The second-order valence-electron chi connectivity index (χ2n) is 4.67. The lowest BCUT2D eigenvalue weighted by Crippen LogP contribution is -2.45. The molecule has 3 heterocycles. The Kier molecular flexibility index (Phi) is 7.73. The highest BCUT2D eigenvalue weighted by molar-refractivity contribution is 7.10. The predicted molar refractivity (Wildman–Crippen MR) is 89.7 cm³/mol. The highest BCUT2D eigenvalue weighted by Crippen LogP contribution is 2.33. The maximum Gasteiger partial charge on any atom is 0.129 e. The molecule has 1 saturated heterocycles. The maximum atomic E-state index is 9.16. The van der Waals surface area contributed by atoms with E-state index in [2.05, 4.69) is 27.7 Å². The van der Waals surface area contributed by atoms with E-state index in [1.54, 1.807) is 11.3 Å². The van der Waals surface area contributed by atoms with Crippen LogP contribution in [0.3, 0.4) is 0 Å². The van der Waals surface area contributed by atoms with Crippen LogP contribution in [0.2, 0.25) is 0 Å². The van der Waals surface area contributed by atoms with Gasteiger partial charge in [0, 0.05) is 31.1 Å². The molecule has 2 aromatic rings. The summed E-state index contributed by atoms with van der Waals surface area (Å²) in [4.78, 5) is 3.73. The predicted octanol–water partition coefficient (Wildman–Crippen LogP) is 2.67. The van der Waals surface area contributed by atoms with Crippen LogP contribution in [0.1, 0.15) is 22.4 Å². The second kappa shape index (κ2) is 8.78. The van der Waals surface area contributed by atoms with Crippen molar-refractivity contribution in [3.63, 3.8) is 0 Å². The van der Waals surface area contributed by atoms with Gasteiger partial charge < -0.3 is 14.8 Å². The molecule has 0 amide bonds. The molecule has 0 saturated carbocycles. The molecule has 0 aliphatic carbocycles. The molecule has 1 fully saturated rings. The Hall–Kier alpha value is -0.560. The molecule has 1 atom stereocenters. The highest BCUT2D eigenvalue weighted by Gasteiger charge is 2.27. The smallest absolute Gasteiger partial charge is 0.129 e. The summed E-state index contributed by atoms with van der Waals surface area (Å²) in [5.74, 6) is 1.56. The van der Waals surface area contributed by atoms with E-state index < -0.39 is 0 Å². The maximum absolute atomic E-state index is 9.16. The third-order valence-corrected chi connectivity index (χ3v) is 4.36. The lowest BCUT2D eigenvalue weighted by molar-refractivity contribution is 0.174. The minimum Gasteiger partial charge on any atom is -0.462 e. The molecule has 2 aromatic heterocycles. The van der Waals surface area contributed by atoms with E-state index in [4.69, 9.17) is 9.52 Å². The van der Waals surface area contributed by atoms with Crippen LogP contribution in [-0.4, -0.2) is 36.2 Å². The summed E-state index contributed by atoms with van der Waals surface area (Å²) in [6.07, 6.45) is 0. The molecule has 2 N–H and O–H groups in total. The van der Waals surface area contributed by atoms with Crippen LogP contribution in [0.15, 0.2) is 34.1 Å². The highest BCUT2D eigenvalue weighted by atomic mass is 35.5. The Morgan fingerprint density at radius 2 is 2.00 bits per heavy atom. The number of halogens is 2. The molecule has 0 spiro atoms. The van der Waals surface area contributed by atoms with Crippen LogP contribution in [0.5, 0.6) is 0 Å². The number of nitrogens with one attached hydrogen (secondary N) is 1. The minimum atomic E-state index is -0.0429. The molecule has 0 radical (unpaired) electrons. The molecule has 118 valence electrons. The van der Waals surface area contributed by atoms with Crippen molar-refractivity contribution in [3.8, 4) is 0 Å². The number of rotatable bonds is 4. The summed E-state index contributed by atoms with van der Waals surface area (Å²) in [5, 5.41) is 14.6. The lowest BCUT2D eigenvalue weighted by atomic mass is 10.1. The van der Waals surface area contributed by atoms with Crippen molar-refractivity contribution >= 4 is 36.2 Å². The first-order valence-corrected chi connectivity index (χ1v) is 7.44. The van der Waals surface area contributed by atoms with Gasteiger partial charge in [-0.2, -0.15) is 0 Å². The molecule has 0 unspecified atom stereocenters. The van der Waals surface area contributed by atoms with Crippen molar-refractivity contribution in [2.45, 2.75) is 12.6 Å². The van der Waals surface area contributed by atoms with E-state index in [1.165, 1.54) is 4.88 Å². The first-order valence-electron chi connectivity index (χ1n) is 6.56. The third-order valence-electron chi connectivity index (χ3n) is 3.44. The van der Waals surface area contributed by atoms with Crippen LogP contribution in [-0.2, 0) is 6.61 Å². The number of nitrogens with zero attached hydrogens (tertiary/aromatic N) is 1. The summed E-state index contributed by atoms with van der Waals surface area (Å²) in [6.45, 7) is 4.00. The number of thiophene rings is 1. The fraction of sp³-hybridized carbons (Fsp3) is 0.429. The summed E-state index contributed by atoms with van der Waals surface area (Å²) in [6, 6.07) is 8.24. The molecule has 3 rings (SSSR count). The van der Waals surface area contributed by atoms with E-state index in [-0.39, 0.29) is 37.5 Å². The lowest BCUT2D eigenvalue weighted by Gasteiger charge is -2.33. The number of aliphatic hydroxyl groups is 1. The molecule has 7 heteroatoms. The van der Waals surface area contributed by atoms with Crippen molar-refractivity contribution in [1.82, 2.24) is 10.2 Å². The summed E-state index contributed by atoms with van der Waals surface area (Å²) < 4.78 is 5.77. The van der Waals surface area contributed by atoms with E-state index in [0.29, 0.717) is 5.76 Å². The van der Waals surface area contributed by atoms with Crippen LogP contribution < -0.4 is 5.32 Å². The van der Waals surface area contributed by atoms with Crippen LogP contribution in [0.25, 0.3) is 0 Å². The molecule has 1 aliphatic heterocycles. The van der Waals surface area contributed by atoms with Gasteiger partial charge in [-0.15, -0.1) is 36.2 Å². The number of hydrogen-bond acceptors (Lipinski definition) is 5. The molecule has 0 bridgehead atoms. The van der Waals surface area contributed by atoms with E-state index >= 15 is 0 Å². The third kappa shape index (κ3) is 4.22. The monoisotopic (exact) mass is 350 g/mol. The molecule has 21 heavy (non-hydrogen) atoms. The van der Waals surface area contributed by atoms with Crippen LogP contribution >= 0.6 is 36.2 Å². The van der Waals surface area contributed by atoms with Gasteiger partial charge in [-0.1, -0.05) is 6.07 Å².